The molecule has 9 aromatic carbocycles. The van der Waals surface area contributed by atoms with E-state index in [2.05, 4.69) is 193 Å². The molecule has 2 aliphatic rings. The summed E-state index contributed by atoms with van der Waals surface area (Å²) in [5.41, 5.74) is 20.6. The van der Waals surface area contributed by atoms with Gasteiger partial charge in [-0.3, -0.25) is 0 Å². The predicted octanol–water partition coefficient (Wildman–Crippen LogP) is 17.0. The van der Waals surface area contributed by atoms with Gasteiger partial charge in [0.2, 0.25) is 0 Å². The summed E-state index contributed by atoms with van der Waals surface area (Å²) in [5.74, 6) is 0.705. The maximum atomic E-state index is 6.50. The standard InChI is InChI=1S/C64H45N3O/c1-4-15-41(16-5-1)42-25-27-43(28-26-42)57-40-58(66-63(65-57)44-17-6-2-7-18-44)47-20-14-19-45(35-47)46-29-32-59-53(36-46)54-38-56-52(49-21-8-10-23-55(49)64(56)33-12-3-13-34-64)39-60(54)67(59)48-30-31-51-50-22-9-11-24-61(50)68-62(51)37-48/h1-2,4-11,14-32,35-40H,3,12-13,33-34H2. The van der Waals surface area contributed by atoms with Gasteiger partial charge in [0.25, 0.3) is 0 Å². The van der Waals surface area contributed by atoms with Crippen LogP contribution in [0.4, 0.5) is 0 Å². The summed E-state index contributed by atoms with van der Waals surface area (Å²) in [4.78, 5) is 10.4. The first-order chi connectivity index (χ1) is 33.6. The van der Waals surface area contributed by atoms with E-state index in [0.29, 0.717) is 5.82 Å². The third-order valence-corrected chi connectivity index (χ3v) is 15.0. The normalized spacial score (nSPS) is 14.0. The zero-order chi connectivity index (χ0) is 44.8. The van der Waals surface area contributed by atoms with Crippen LogP contribution in [0.25, 0.3) is 117 Å². The van der Waals surface area contributed by atoms with Gasteiger partial charge in [-0.2, -0.15) is 0 Å². The highest BCUT2D eigenvalue weighted by molar-refractivity contribution is 6.13. The van der Waals surface area contributed by atoms with Crippen LogP contribution in [0.3, 0.4) is 0 Å². The molecule has 0 amide bonds. The summed E-state index contributed by atoms with van der Waals surface area (Å²) < 4.78 is 8.96. The zero-order valence-corrected chi connectivity index (χ0v) is 37.5. The van der Waals surface area contributed by atoms with Gasteiger partial charge in [0.1, 0.15) is 11.2 Å². The van der Waals surface area contributed by atoms with Gasteiger partial charge < -0.3 is 8.98 Å². The monoisotopic (exact) mass is 871 g/mol. The molecule has 68 heavy (non-hydrogen) atoms. The Morgan fingerprint density at radius 3 is 1.84 bits per heavy atom. The molecule has 322 valence electrons. The number of benzene rings is 9. The molecule has 0 radical (unpaired) electrons. The molecule has 12 aromatic rings. The Hall–Kier alpha value is -8.34. The van der Waals surface area contributed by atoms with Crippen LogP contribution in [0.5, 0.6) is 0 Å². The van der Waals surface area contributed by atoms with Gasteiger partial charge in [-0.05, 0) is 112 Å². The van der Waals surface area contributed by atoms with E-state index in [-0.39, 0.29) is 5.41 Å². The summed E-state index contributed by atoms with van der Waals surface area (Å²) in [6, 6.07) is 76.9. The number of aromatic nitrogens is 3. The van der Waals surface area contributed by atoms with E-state index in [4.69, 9.17) is 14.4 Å². The number of fused-ring (bicyclic) bond motifs is 11. The molecule has 1 spiro atoms. The molecule has 1 fully saturated rings. The van der Waals surface area contributed by atoms with Crippen molar-refractivity contribution in [2.45, 2.75) is 37.5 Å². The number of rotatable bonds is 6. The molecule has 4 heteroatoms. The van der Waals surface area contributed by atoms with Crippen LogP contribution in [-0.4, -0.2) is 14.5 Å². The molecular formula is C64H45N3O. The van der Waals surface area contributed by atoms with E-state index in [1.165, 1.54) is 87.3 Å². The van der Waals surface area contributed by atoms with E-state index in [0.717, 1.165) is 66.8 Å². The molecule has 1 saturated carbocycles. The van der Waals surface area contributed by atoms with Crippen LogP contribution in [-0.2, 0) is 5.41 Å². The average Bonchev–Trinajstić information content (AvgIpc) is 4.03. The van der Waals surface area contributed by atoms with Crippen LogP contribution in [0.1, 0.15) is 43.2 Å². The highest BCUT2D eigenvalue weighted by Gasteiger charge is 2.44. The van der Waals surface area contributed by atoms with Crippen molar-refractivity contribution >= 4 is 43.7 Å². The van der Waals surface area contributed by atoms with Gasteiger partial charge in [-0.25, -0.2) is 9.97 Å². The topological polar surface area (TPSA) is 43.9 Å². The van der Waals surface area contributed by atoms with Gasteiger partial charge in [0, 0.05) is 55.4 Å². The van der Waals surface area contributed by atoms with Crippen LogP contribution < -0.4 is 0 Å². The lowest BCUT2D eigenvalue weighted by Crippen LogP contribution is -2.27. The predicted molar refractivity (Wildman–Crippen MR) is 280 cm³/mol. The van der Waals surface area contributed by atoms with Crippen molar-refractivity contribution in [1.29, 1.82) is 0 Å². The van der Waals surface area contributed by atoms with Gasteiger partial charge in [0.15, 0.2) is 5.82 Å². The van der Waals surface area contributed by atoms with Crippen molar-refractivity contribution in [3.63, 3.8) is 0 Å². The van der Waals surface area contributed by atoms with Crippen LogP contribution >= 0.6 is 0 Å². The molecule has 0 bridgehead atoms. The fraction of sp³-hybridized carbons (Fsp3) is 0.0938. The minimum Gasteiger partial charge on any atom is -0.456 e. The Morgan fingerprint density at radius 1 is 0.368 bits per heavy atom. The first-order valence-electron chi connectivity index (χ1n) is 24.0. The van der Waals surface area contributed by atoms with Crippen LogP contribution in [0.15, 0.2) is 217 Å². The number of nitrogens with zero attached hydrogens (tertiary/aromatic N) is 3. The fourth-order valence-electron chi connectivity index (χ4n) is 11.8. The second-order valence-corrected chi connectivity index (χ2v) is 18.8. The zero-order valence-electron chi connectivity index (χ0n) is 37.5. The van der Waals surface area contributed by atoms with Crippen LogP contribution in [0, 0.1) is 0 Å². The van der Waals surface area contributed by atoms with Gasteiger partial charge in [-0.1, -0.05) is 171 Å². The third-order valence-electron chi connectivity index (χ3n) is 15.0. The molecule has 0 saturated heterocycles. The number of para-hydroxylation sites is 1. The highest BCUT2D eigenvalue weighted by atomic mass is 16.3. The van der Waals surface area contributed by atoms with E-state index >= 15 is 0 Å². The SMILES string of the molecule is c1ccc(-c2ccc(-c3cc(-c4cccc(-c5ccc6c(c5)c5cc7c(cc5n6-c5ccc6c(c5)oc5ccccc56)-c5ccccc5C75CCCCC5)c4)nc(-c4ccccc4)n3)cc2)cc1. The summed E-state index contributed by atoms with van der Waals surface area (Å²) >= 11 is 0. The molecule has 14 rings (SSSR count). The van der Waals surface area contributed by atoms with Crippen molar-refractivity contribution in [1.82, 2.24) is 14.5 Å². The minimum absolute atomic E-state index is 0.0465. The average molecular weight is 872 g/mol. The molecule has 2 aliphatic carbocycles. The van der Waals surface area contributed by atoms with E-state index in [1.807, 2.05) is 24.3 Å². The van der Waals surface area contributed by atoms with Gasteiger partial charge >= 0.3 is 0 Å². The van der Waals surface area contributed by atoms with Crippen molar-refractivity contribution < 1.29 is 4.42 Å². The number of hydrogen-bond acceptors (Lipinski definition) is 3. The smallest absolute Gasteiger partial charge is 0.160 e. The largest absolute Gasteiger partial charge is 0.456 e. The molecule has 0 atom stereocenters. The van der Waals surface area contributed by atoms with Crippen molar-refractivity contribution in [3.8, 4) is 73.0 Å². The number of hydrogen-bond donors (Lipinski definition) is 0. The lowest BCUT2D eigenvalue weighted by Gasteiger charge is -2.36. The third kappa shape index (κ3) is 6.14. The maximum absolute atomic E-state index is 6.50. The molecule has 3 heterocycles. The van der Waals surface area contributed by atoms with Crippen molar-refractivity contribution in [2.75, 3.05) is 0 Å². The van der Waals surface area contributed by atoms with E-state index < -0.39 is 0 Å². The van der Waals surface area contributed by atoms with Crippen molar-refractivity contribution in [3.05, 3.63) is 223 Å². The second kappa shape index (κ2) is 15.4. The molecular weight excluding hydrogens is 827 g/mol. The molecule has 0 aliphatic heterocycles. The van der Waals surface area contributed by atoms with Gasteiger partial charge in [-0.15, -0.1) is 0 Å². The summed E-state index contributed by atoms with van der Waals surface area (Å²) in [7, 11) is 0. The maximum Gasteiger partial charge on any atom is 0.160 e. The van der Waals surface area contributed by atoms with Gasteiger partial charge in [0.05, 0.1) is 22.4 Å². The lowest BCUT2D eigenvalue weighted by molar-refractivity contribution is 0.353. The first-order valence-corrected chi connectivity index (χ1v) is 24.0. The number of furan rings is 1. The Balaban J connectivity index is 0.933. The van der Waals surface area contributed by atoms with E-state index in [9.17, 15) is 0 Å². The molecule has 0 unspecified atom stereocenters. The summed E-state index contributed by atoms with van der Waals surface area (Å²) in [6.45, 7) is 0. The Kier molecular flexibility index (Phi) is 8.79. The summed E-state index contributed by atoms with van der Waals surface area (Å²) in [5, 5.41) is 4.80. The first kappa shape index (κ1) is 38.9. The summed E-state index contributed by atoms with van der Waals surface area (Å²) in [6.07, 6.45) is 6.20. The Bertz CT molecular complexity index is 3930. The Labute approximate surface area is 394 Å². The molecule has 0 N–H and O–H groups in total. The lowest BCUT2D eigenvalue weighted by atomic mass is 9.68. The fourth-order valence-corrected chi connectivity index (χ4v) is 11.8. The quantitative estimate of drug-likeness (QED) is 0.167. The second-order valence-electron chi connectivity index (χ2n) is 18.8. The molecule has 3 aromatic heterocycles. The van der Waals surface area contributed by atoms with Crippen molar-refractivity contribution in [2.24, 2.45) is 0 Å². The Morgan fingerprint density at radius 2 is 1.00 bits per heavy atom. The highest BCUT2D eigenvalue weighted by Crippen LogP contribution is 2.57. The van der Waals surface area contributed by atoms with E-state index in [1.54, 1.807) is 0 Å². The van der Waals surface area contributed by atoms with Crippen LogP contribution in [0.2, 0.25) is 0 Å². The molecule has 4 nitrogen and oxygen atoms in total. The minimum atomic E-state index is 0.0465.